The van der Waals surface area contributed by atoms with Crippen molar-refractivity contribution in [2.24, 2.45) is 0 Å². The first-order chi connectivity index (χ1) is 15.1. The van der Waals surface area contributed by atoms with Gasteiger partial charge in [0.25, 0.3) is 0 Å². The summed E-state index contributed by atoms with van der Waals surface area (Å²) in [6.45, 7) is 2.01. The van der Waals surface area contributed by atoms with Crippen LogP contribution in [0.2, 0.25) is 0 Å². The molecule has 4 heteroatoms. The molecule has 1 unspecified atom stereocenters. The molecule has 1 amide bonds. The van der Waals surface area contributed by atoms with Crippen LogP contribution in [-0.2, 0) is 4.79 Å². The molecule has 0 saturated carbocycles. The minimum Gasteiger partial charge on any atom is -0.288 e. The van der Waals surface area contributed by atoms with Gasteiger partial charge in [-0.25, -0.2) is 0 Å². The minimum atomic E-state index is -0.0581. The summed E-state index contributed by atoms with van der Waals surface area (Å²) < 4.78 is 0. The van der Waals surface area contributed by atoms with Gasteiger partial charge in [-0.3, -0.25) is 14.5 Å². The third-order valence-electron chi connectivity index (χ3n) is 5.81. The van der Waals surface area contributed by atoms with Gasteiger partial charge >= 0.3 is 0 Å². The van der Waals surface area contributed by atoms with Crippen LogP contribution in [0.5, 0.6) is 0 Å². The number of amides is 1. The molecule has 3 aromatic carbocycles. The van der Waals surface area contributed by atoms with Crippen molar-refractivity contribution in [3.63, 3.8) is 0 Å². The van der Waals surface area contributed by atoms with Gasteiger partial charge in [0.1, 0.15) is 5.00 Å². The molecule has 0 saturated heterocycles. The van der Waals surface area contributed by atoms with E-state index in [0.29, 0.717) is 16.9 Å². The maximum absolute atomic E-state index is 13.4. The highest BCUT2D eigenvalue weighted by Crippen LogP contribution is 2.50. The largest absolute Gasteiger partial charge is 0.288 e. The number of carbonyl (C=O) groups excluding carboxylic acids is 2. The number of hydrogen-bond acceptors (Lipinski definition) is 3. The van der Waals surface area contributed by atoms with Gasteiger partial charge in [0, 0.05) is 23.6 Å². The lowest BCUT2D eigenvalue weighted by Crippen LogP contribution is -2.32. The highest BCUT2D eigenvalue weighted by molar-refractivity contribution is 7.19. The van der Waals surface area contributed by atoms with E-state index in [2.05, 4.69) is 12.1 Å². The van der Waals surface area contributed by atoms with Crippen molar-refractivity contribution >= 4 is 33.7 Å². The number of rotatable bonds is 4. The Morgan fingerprint density at radius 2 is 1.45 bits per heavy atom. The number of para-hydroxylation sites is 1. The number of carbonyl (C=O) groups is 2. The smallest absolute Gasteiger partial charge is 0.233 e. The summed E-state index contributed by atoms with van der Waals surface area (Å²) in [4.78, 5) is 29.2. The monoisotopic (exact) mass is 423 g/mol. The lowest BCUT2D eigenvalue weighted by Gasteiger charge is -2.32. The van der Waals surface area contributed by atoms with Crippen molar-refractivity contribution in [1.82, 2.24) is 0 Å². The number of benzene rings is 3. The Bertz CT molecular complexity index is 1250. The molecule has 152 valence electrons. The molecule has 3 nitrogen and oxygen atoms in total. The lowest BCUT2D eigenvalue weighted by atomic mass is 9.84. The molecular formula is C27H21NO2S. The third kappa shape index (κ3) is 3.39. The summed E-state index contributed by atoms with van der Waals surface area (Å²) in [7, 11) is 0. The van der Waals surface area contributed by atoms with Gasteiger partial charge in [0.15, 0.2) is 0 Å². The Balaban J connectivity index is 1.71. The highest BCUT2D eigenvalue weighted by atomic mass is 32.1. The van der Waals surface area contributed by atoms with E-state index < -0.39 is 0 Å². The second-order valence-electron chi connectivity index (χ2n) is 7.70. The van der Waals surface area contributed by atoms with Crippen LogP contribution in [0.3, 0.4) is 0 Å². The van der Waals surface area contributed by atoms with Gasteiger partial charge < -0.3 is 0 Å². The molecule has 1 aromatic heterocycles. The van der Waals surface area contributed by atoms with Crippen LogP contribution in [-0.4, -0.2) is 11.7 Å². The first-order valence-electron chi connectivity index (χ1n) is 10.3. The number of thiophene rings is 1. The molecule has 1 atom stereocenters. The fourth-order valence-electron chi connectivity index (χ4n) is 4.31. The van der Waals surface area contributed by atoms with Crippen LogP contribution in [0.1, 0.15) is 44.3 Å². The van der Waals surface area contributed by atoms with E-state index in [1.165, 1.54) is 11.3 Å². The van der Waals surface area contributed by atoms with E-state index in [-0.39, 0.29) is 17.6 Å². The van der Waals surface area contributed by atoms with E-state index in [1.807, 2.05) is 85.8 Å². The van der Waals surface area contributed by atoms with Crippen LogP contribution < -0.4 is 4.90 Å². The van der Waals surface area contributed by atoms with E-state index >= 15 is 0 Å². The van der Waals surface area contributed by atoms with E-state index in [1.54, 1.807) is 4.90 Å². The van der Waals surface area contributed by atoms with Gasteiger partial charge in [-0.1, -0.05) is 78.9 Å². The number of nitrogens with zero attached hydrogens (tertiary/aromatic N) is 1. The van der Waals surface area contributed by atoms with Crippen molar-refractivity contribution in [3.8, 4) is 0 Å². The summed E-state index contributed by atoms with van der Waals surface area (Å²) in [5.41, 5.74) is 4.65. The maximum atomic E-state index is 13.4. The normalized spacial score (nSPS) is 15.6. The zero-order chi connectivity index (χ0) is 21.4. The van der Waals surface area contributed by atoms with Crippen molar-refractivity contribution in [2.45, 2.75) is 19.3 Å². The predicted molar refractivity (Wildman–Crippen MR) is 125 cm³/mol. The quantitative estimate of drug-likeness (QED) is 0.352. The number of ketones is 1. The van der Waals surface area contributed by atoms with Crippen LogP contribution in [0, 0.1) is 6.92 Å². The zero-order valence-corrected chi connectivity index (χ0v) is 17.9. The summed E-state index contributed by atoms with van der Waals surface area (Å²) in [5.74, 6) is -0.00507. The van der Waals surface area contributed by atoms with E-state index in [0.717, 1.165) is 27.4 Å². The van der Waals surface area contributed by atoms with E-state index in [4.69, 9.17) is 0 Å². The molecule has 5 rings (SSSR count). The van der Waals surface area contributed by atoms with Gasteiger partial charge in [-0.2, -0.15) is 0 Å². The second-order valence-corrected chi connectivity index (χ2v) is 8.70. The molecule has 0 fully saturated rings. The maximum Gasteiger partial charge on any atom is 0.233 e. The molecule has 31 heavy (non-hydrogen) atoms. The van der Waals surface area contributed by atoms with Gasteiger partial charge in [0.2, 0.25) is 11.7 Å². The Morgan fingerprint density at radius 3 is 2.10 bits per heavy atom. The van der Waals surface area contributed by atoms with Crippen LogP contribution in [0.4, 0.5) is 10.7 Å². The van der Waals surface area contributed by atoms with Crippen LogP contribution in [0.15, 0.2) is 91.0 Å². The third-order valence-corrected chi connectivity index (χ3v) is 7.10. The Morgan fingerprint density at radius 1 is 0.871 bits per heavy atom. The number of fused-ring (bicyclic) bond motifs is 1. The fraction of sp³-hybridized carbons (Fsp3) is 0.111. The first-order valence-corrected chi connectivity index (χ1v) is 11.1. The van der Waals surface area contributed by atoms with Crippen LogP contribution >= 0.6 is 11.3 Å². The second kappa shape index (κ2) is 7.97. The fourth-order valence-corrected chi connectivity index (χ4v) is 5.68. The van der Waals surface area contributed by atoms with Gasteiger partial charge in [-0.15, -0.1) is 11.3 Å². The molecule has 4 aromatic rings. The summed E-state index contributed by atoms with van der Waals surface area (Å²) in [5, 5.41) is 0.855. The molecule has 0 spiro atoms. The van der Waals surface area contributed by atoms with Crippen molar-refractivity contribution < 1.29 is 9.59 Å². The summed E-state index contributed by atoms with van der Waals surface area (Å²) in [6.07, 6.45) is 0.377. The minimum absolute atomic E-state index is 0.00442. The SMILES string of the molecule is Cc1c(C(=O)c2ccccc2)sc2c1C(c1ccccc1)CC(=O)N2c1ccccc1. The Labute approximate surface area is 185 Å². The predicted octanol–water partition coefficient (Wildman–Crippen LogP) is 6.49. The van der Waals surface area contributed by atoms with E-state index in [9.17, 15) is 9.59 Å². The molecule has 1 aliphatic heterocycles. The molecule has 0 N–H and O–H groups in total. The average molecular weight is 424 g/mol. The van der Waals surface area contributed by atoms with Gasteiger partial charge in [0.05, 0.1) is 4.88 Å². The Kier molecular flexibility index (Phi) is 5.00. The van der Waals surface area contributed by atoms with Crippen molar-refractivity contribution in [1.29, 1.82) is 0 Å². The Hall–Kier alpha value is -3.50. The summed E-state index contributed by atoms with van der Waals surface area (Å²) >= 11 is 1.43. The zero-order valence-electron chi connectivity index (χ0n) is 17.1. The molecule has 2 heterocycles. The molecular weight excluding hydrogens is 402 g/mol. The van der Waals surface area contributed by atoms with Gasteiger partial charge in [-0.05, 0) is 35.7 Å². The van der Waals surface area contributed by atoms with Crippen molar-refractivity contribution in [3.05, 3.63) is 118 Å². The lowest BCUT2D eigenvalue weighted by molar-refractivity contribution is -0.118. The average Bonchev–Trinajstić information content (AvgIpc) is 3.16. The van der Waals surface area contributed by atoms with Crippen LogP contribution in [0.25, 0.3) is 0 Å². The molecule has 1 aliphatic rings. The number of anilines is 2. The van der Waals surface area contributed by atoms with Crippen molar-refractivity contribution in [2.75, 3.05) is 4.90 Å². The molecule has 0 bridgehead atoms. The topological polar surface area (TPSA) is 37.4 Å². The summed E-state index contributed by atoms with van der Waals surface area (Å²) in [6, 6.07) is 29.2. The standard InChI is InChI=1S/C27H21NO2S/c1-18-24-22(19-11-5-2-6-12-19)17-23(29)28(21-15-9-4-10-16-21)27(24)31-26(18)25(30)20-13-7-3-8-14-20/h2-16,22H,17H2,1H3. The highest BCUT2D eigenvalue weighted by Gasteiger charge is 2.38. The number of hydrogen-bond donors (Lipinski definition) is 0. The first kappa shape index (κ1) is 19.5. The molecule has 0 aliphatic carbocycles. The molecule has 0 radical (unpaired) electrons.